The van der Waals surface area contributed by atoms with Gasteiger partial charge >= 0.3 is 5.97 Å². The molecule has 6 heteroatoms. The lowest BCUT2D eigenvalue weighted by molar-refractivity contribution is -0.136. The normalized spacial score (nSPS) is 10.2. The van der Waals surface area contributed by atoms with E-state index in [1.807, 2.05) is 0 Å². The van der Waals surface area contributed by atoms with E-state index in [4.69, 9.17) is 10.4 Å². The second-order valence-corrected chi connectivity index (χ2v) is 3.14. The van der Waals surface area contributed by atoms with Crippen LogP contribution in [0.1, 0.15) is 28.9 Å². The van der Waals surface area contributed by atoms with Crippen LogP contribution in [0.25, 0.3) is 0 Å². The number of carbonyl (C=O) groups is 1. The molecule has 0 atom stereocenters. The number of nitriles is 1. The van der Waals surface area contributed by atoms with Crippen LogP contribution in [0.15, 0.2) is 6.07 Å². The fourth-order valence-electron chi connectivity index (χ4n) is 1.27. The van der Waals surface area contributed by atoms with Gasteiger partial charge in [0, 0.05) is 11.3 Å². The molecular formula is C10H8F2N2O2. The predicted molar refractivity (Wildman–Crippen MR) is 50.0 cm³/mol. The molecule has 0 saturated heterocycles. The van der Waals surface area contributed by atoms with Gasteiger partial charge in [-0.15, -0.1) is 0 Å². The van der Waals surface area contributed by atoms with E-state index < -0.39 is 18.8 Å². The van der Waals surface area contributed by atoms with Crippen LogP contribution >= 0.6 is 0 Å². The number of pyridine rings is 1. The quantitative estimate of drug-likeness (QED) is 0.853. The van der Waals surface area contributed by atoms with Crippen LogP contribution in [-0.4, -0.2) is 16.1 Å². The van der Waals surface area contributed by atoms with Crippen molar-refractivity contribution in [1.82, 2.24) is 4.98 Å². The van der Waals surface area contributed by atoms with Crippen molar-refractivity contribution in [3.63, 3.8) is 0 Å². The molecule has 1 heterocycles. The van der Waals surface area contributed by atoms with Gasteiger partial charge in [0.25, 0.3) is 6.43 Å². The highest BCUT2D eigenvalue weighted by Gasteiger charge is 2.17. The van der Waals surface area contributed by atoms with Gasteiger partial charge in [-0.2, -0.15) is 5.26 Å². The van der Waals surface area contributed by atoms with E-state index in [0.717, 1.165) is 6.07 Å². The Hall–Kier alpha value is -2.03. The molecule has 1 aromatic rings. The van der Waals surface area contributed by atoms with E-state index in [0.29, 0.717) is 0 Å². The molecule has 0 bridgehead atoms. The highest BCUT2D eigenvalue weighted by atomic mass is 19.3. The molecule has 16 heavy (non-hydrogen) atoms. The zero-order valence-corrected chi connectivity index (χ0v) is 8.37. The first-order valence-corrected chi connectivity index (χ1v) is 4.36. The number of hydrogen-bond donors (Lipinski definition) is 1. The smallest absolute Gasteiger partial charge is 0.309 e. The Labute approximate surface area is 90.2 Å². The molecule has 0 amide bonds. The molecule has 1 N–H and O–H groups in total. The van der Waals surface area contributed by atoms with Gasteiger partial charge in [0.1, 0.15) is 6.07 Å². The fraction of sp³-hybridized carbons (Fsp3) is 0.300. The van der Waals surface area contributed by atoms with Crippen LogP contribution in [-0.2, 0) is 11.2 Å². The second-order valence-electron chi connectivity index (χ2n) is 3.14. The van der Waals surface area contributed by atoms with Crippen LogP contribution < -0.4 is 0 Å². The van der Waals surface area contributed by atoms with Crippen LogP contribution in [0.5, 0.6) is 0 Å². The maximum Gasteiger partial charge on any atom is 0.309 e. The third-order valence-corrected chi connectivity index (χ3v) is 2.01. The number of rotatable bonds is 3. The minimum atomic E-state index is -2.72. The molecule has 84 valence electrons. The zero-order chi connectivity index (χ0) is 12.3. The van der Waals surface area contributed by atoms with Crippen molar-refractivity contribution in [1.29, 1.82) is 5.26 Å². The number of aromatic nitrogens is 1. The lowest BCUT2D eigenvalue weighted by atomic mass is 10.1. The maximum absolute atomic E-state index is 12.5. The highest BCUT2D eigenvalue weighted by molar-refractivity contribution is 5.70. The predicted octanol–water partition coefficient (Wildman–Crippen LogP) is 1.83. The lowest BCUT2D eigenvalue weighted by Gasteiger charge is -2.07. The first-order chi connectivity index (χ1) is 7.45. The molecule has 0 aliphatic heterocycles. The van der Waals surface area contributed by atoms with Gasteiger partial charge in [-0.25, -0.2) is 8.78 Å². The number of aliphatic carboxylic acids is 1. The summed E-state index contributed by atoms with van der Waals surface area (Å²) in [6.07, 6.45) is -3.17. The maximum atomic E-state index is 12.5. The fourth-order valence-corrected chi connectivity index (χ4v) is 1.27. The Bertz CT molecular complexity index is 467. The van der Waals surface area contributed by atoms with Crippen molar-refractivity contribution in [2.75, 3.05) is 0 Å². The summed E-state index contributed by atoms with van der Waals surface area (Å²) in [6.45, 7) is 1.36. The van der Waals surface area contributed by atoms with E-state index >= 15 is 0 Å². The monoisotopic (exact) mass is 226 g/mol. The van der Waals surface area contributed by atoms with Crippen molar-refractivity contribution in [3.8, 4) is 6.07 Å². The number of aryl methyl sites for hydroxylation is 1. The molecule has 0 unspecified atom stereocenters. The summed E-state index contributed by atoms with van der Waals surface area (Å²) in [5.41, 5.74) is -0.406. The van der Waals surface area contributed by atoms with Gasteiger partial charge in [-0.1, -0.05) is 0 Å². The number of carboxylic acids is 1. The SMILES string of the molecule is Cc1nc(CC(=O)O)c(C#N)cc1C(F)F. The van der Waals surface area contributed by atoms with Crippen molar-refractivity contribution < 1.29 is 18.7 Å². The number of alkyl halides is 2. The summed E-state index contributed by atoms with van der Waals surface area (Å²) in [6, 6.07) is 2.66. The van der Waals surface area contributed by atoms with E-state index in [-0.39, 0.29) is 22.5 Å². The van der Waals surface area contributed by atoms with Crippen molar-refractivity contribution in [2.45, 2.75) is 19.8 Å². The van der Waals surface area contributed by atoms with Gasteiger partial charge in [-0.3, -0.25) is 9.78 Å². The molecule has 0 aliphatic rings. The average Bonchev–Trinajstić information content (AvgIpc) is 2.16. The van der Waals surface area contributed by atoms with Gasteiger partial charge in [0.15, 0.2) is 0 Å². The minimum Gasteiger partial charge on any atom is -0.481 e. The number of hydrogen-bond acceptors (Lipinski definition) is 3. The highest BCUT2D eigenvalue weighted by Crippen LogP contribution is 2.23. The van der Waals surface area contributed by atoms with Gasteiger partial charge in [0.05, 0.1) is 17.7 Å². The molecule has 0 aromatic carbocycles. The zero-order valence-electron chi connectivity index (χ0n) is 8.37. The van der Waals surface area contributed by atoms with Crippen LogP contribution in [0.4, 0.5) is 8.78 Å². The van der Waals surface area contributed by atoms with E-state index in [1.54, 1.807) is 6.07 Å². The Morgan fingerprint density at radius 3 is 2.75 bits per heavy atom. The Morgan fingerprint density at radius 2 is 2.31 bits per heavy atom. The van der Waals surface area contributed by atoms with Crippen LogP contribution in [0, 0.1) is 18.3 Å². The average molecular weight is 226 g/mol. The van der Waals surface area contributed by atoms with E-state index in [9.17, 15) is 13.6 Å². The molecule has 1 rings (SSSR count). The van der Waals surface area contributed by atoms with Gasteiger partial charge in [0.2, 0.25) is 0 Å². The number of carboxylic acid groups (broad SMARTS) is 1. The van der Waals surface area contributed by atoms with Crippen molar-refractivity contribution >= 4 is 5.97 Å². The third-order valence-electron chi connectivity index (χ3n) is 2.01. The van der Waals surface area contributed by atoms with E-state index in [1.165, 1.54) is 6.92 Å². The van der Waals surface area contributed by atoms with E-state index in [2.05, 4.69) is 4.98 Å². The van der Waals surface area contributed by atoms with Gasteiger partial charge in [-0.05, 0) is 13.0 Å². The molecule has 0 saturated carbocycles. The topological polar surface area (TPSA) is 74.0 Å². The van der Waals surface area contributed by atoms with Gasteiger partial charge < -0.3 is 5.11 Å². The standard InChI is InChI=1S/C10H8F2N2O2/c1-5-7(10(11)12)2-6(4-13)8(14-5)3-9(15)16/h2,10H,3H2,1H3,(H,15,16). The Balaban J connectivity index is 3.27. The molecule has 4 nitrogen and oxygen atoms in total. The first-order valence-electron chi connectivity index (χ1n) is 4.36. The van der Waals surface area contributed by atoms with Crippen LogP contribution in [0.2, 0.25) is 0 Å². The summed E-state index contributed by atoms with van der Waals surface area (Å²) < 4.78 is 24.9. The first kappa shape index (κ1) is 12.0. The Morgan fingerprint density at radius 1 is 1.69 bits per heavy atom. The number of halogens is 2. The number of nitrogens with zero attached hydrogens (tertiary/aromatic N) is 2. The molecule has 0 spiro atoms. The van der Waals surface area contributed by atoms with Crippen molar-refractivity contribution in [2.24, 2.45) is 0 Å². The molecule has 0 fully saturated rings. The van der Waals surface area contributed by atoms with Crippen LogP contribution in [0.3, 0.4) is 0 Å². The Kier molecular flexibility index (Phi) is 3.51. The molecule has 1 aromatic heterocycles. The molecular weight excluding hydrogens is 218 g/mol. The van der Waals surface area contributed by atoms with Crippen molar-refractivity contribution in [3.05, 3.63) is 28.6 Å². The second kappa shape index (κ2) is 4.66. The summed E-state index contributed by atoms with van der Waals surface area (Å²) in [7, 11) is 0. The third kappa shape index (κ3) is 2.51. The summed E-state index contributed by atoms with van der Waals surface area (Å²) >= 11 is 0. The summed E-state index contributed by atoms with van der Waals surface area (Å²) in [5, 5.41) is 17.3. The summed E-state index contributed by atoms with van der Waals surface area (Å²) in [4.78, 5) is 14.2. The summed E-state index contributed by atoms with van der Waals surface area (Å²) in [5.74, 6) is -1.16. The molecule has 0 aliphatic carbocycles. The molecule has 0 radical (unpaired) electrons. The largest absolute Gasteiger partial charge is 0.481 e. The lowest BCUT2D eigenvalue weighted by Crippen LogP contribution is -2.07. The minimum absolute atomic E-state index is 0.0110.